The number of amides is 2. The summed E-state index contributed by atoms with van der Waals surface area (Å²) in [5, 5.41) is 2.85. The second-order valence-corrected chi connectivity index (χ2v) is 9.25. The van der Waals surface area contributed by atoms with E-state index in [4.69, 9.17) is 16.2 Å². The molecule has 5 N–H and O–H groups in total. The summed E-state index contributed by atoms with van der Waals surface area (Å²) in [4.78, 5) is 41.6. The van der Waals surface area contributed by atoms with E-state index in [1.807, 2.05) is 66.7 Å². The average molecular weight is 546 g/mol. The zero-order chi connectivity index (χ0) is 28.6. The fourth-order valence-electron chi connectivity index (χ4n) is 4.43. The summed E-state index contributed by atoms with van der Waals surface area (Å²) in [7, 11) is 0. The van der Waals surface area contributed by atoms with E-state index in [1.165, 1.54) is 6.20 Å². The van der Waals surface area contributed by atoms with E-state index in [0.717, 1.165) is 27.8 Å². The number of primary amides is 1. The second kappa shape index (κ2) is 12.5. The molecule has 0 fully saturated rings. The fraction of sp³-hybridized carbons (Fsp3) is 0.0968. The number of carbonyl (C=O) groups is 2. The third-order valence-electron chi connectivity index (χ3n) is 6.38. The molecule has 10 heteroatoms. The maximum Gasteiger partial charge on any atom is 0.404 e. The van der Waals surface area contributed by atoms with E-state index in [1.54, 1.807) is 30.9 Å². The van der Waals surface area contributed by atoms with Crippen LogP contribution in [0.25, 0.3) is 22.4 Å². The number of nitrogens with zero attached hydrogens (tertiary/aromatic N) is 4. The van der Waals surface area contributed by atoms with Crippen molar-refractivity contribution in [3.63, 3.8) is 0 Å². The van der Waals surface area contributed by atoms with Crippen LogP contribution in [0.5, 0.6) is 0 Å². The highest BCUT2D eigenvalue weighted by Crippen LogP contribution is 2.27. The van der Waals surface area contributed by atoms with Gasteiger partial charge in [0.15, 0.2) is 11.5 Å². The molecule has 3 heterocycles. The lowest BCUT2D eigenvalue weighted by atomic mass is 10.00. The number of anilines is 2. The predicted molar refractivity (Wildman–Crippen MR) is 156 cm³/mol. The van der Waals surface area contributed by atoms with Crippen LogP contribution in [0.2, 0.25) is 0 Å². The van der Waals surface area contributed by atoms with Gasteiger partial charge in [-0.25, -0.2) is 14.8 Å². The zero-order valence-electron chi connectivity index (χ0n) is 22.0. The molecule has 5 aromatic rings. The first-order chi connectivity index (χ1) is 20.0. The van der Waals surface area contributed by atoms with Gasteiger partial charge in [0.2, 0.25) is 0 Å². The summed E-state index contributed by atoms with van der Waals surface area (Å²) in [5.74, 6) is -0.506. The maximum atomic E-state index is 13.2. The lowest BCUT2D eigenvalue weighted by molar-refractivity contribution is 0.102. The van der Waals surface area contributed by atoms with Crippen molar-refractivity contribution in [3.8, 4) is 22.4 Å². The number of pyridine rings is 2. The Morgan fingerprint density at radius 1 is 0.805 bits per heavy atom. The van der Waals surface area contributed by atoms with Crippen molar-refractivity contribution < 1.29 is 14.3 Å². The van der Waals surface area contributed by atoms with E-state index in [2.05, 4.69) is 25.3 Å². The molecule has 10 nitrogen and oxygen atoms in total. The monoisotopic (exact) mass is 545 g/mol. The number of hydrogen-bond acceptors (Lipinski definition) is 8. The molecule has 0 radical (unpaired) electrons. The molecule has 0 bridgehead atoms. The highest BCUT2D eigenvalue weighted by molar-refractivity contribution is 6.07. The smallest absolute Gasteiger partial charge is 0.404 e. The summed E-state index contributed by atoms with van der Waals surface area (Å²) in [6.45, 7) is 0. The summed E-state index contributed by atoms with van der Waals surface area (Å²) in [5.41, 5.74) is 16.7. The van der Waals surface area contributed by atoms with Crippen molar-refractivity contribution in [3.05, 3.63) is 121 Å². The largest absolute Gasteiger partial charge is 0.446 e. The van der Waals surface area contributed by atoms with Gasteiger partial charge in [0, 0.05) is 42.6 Å². The van der Waals surface area contributed by atoms with Crippen LogP contribution in [0, 0.1) is 0 Å². The molecule has 0 aliphatic heterocycles. The summed E-state index contributed by atoms with van der Waals surface area (Å²) < 4.78 is 5.36. The van der Waals surface area contributed by atoms with Crippen molar-refractivity contribution in [2.45, 2.75) is 18.9 Å². The first kappa shape index (κ1) is 26.9. The molecular weight excluding hydrogens is 518 g/mol. The number of nitrogen functional groups attached to an aromatic ring is 1. The Kier molecular flexibility index (Phi) is 8.20. The minimum Gasteiger partial charge on any atom is -0.446 e. The maximum absolute atomic E-state index is 13.2. The Morgan fingerprint density at radius 2 is 1.49 bits per heavy atom. The molecule has 1 unspecified atom stereocenters. The molecule has 2 amide bonds. The number of rotatable bonds is 9. The average Bonchev–Trinajstić information content (AvgIpc) is 2.99. The van der Waals surface area contributed by atoms with Crippen LogP contribution >= 0.6 is 0 Å². The van der Waals surface area contributed by atoms with Gasteiger partial charge in [-0.15, -0.1) is 0 Å². The summed E-state index contributed by atoms with van der Waals surface area (Å²) >= 11 is 0. The van der Waals surface area contributed by atoms with E-state index in [9.17, 15) is 9.59 Å². The van der Waals surface area contributed by atoms with Crippen LogP contribution in [0.4, 0.5) is 16.3 Å². The van der Waals surface area contributed by atoms with Crippen molar-refractivity contribution in [1.82, 2.24) is 19.9 Å². The fourth-order valence-corrected chi connectivity index (χ4v) is 4.43. The Morgan fingerprint density at radius 3 is 2.20 bits per heavy atom. The van der Waals surface area contributed by atoms with Crippen LogP contribution in [-0.2, 0) is 17.6 Å². The first-order valence-electron chi connectivity index (χ1n) is 12.8. The Bertz CT molecular complexity index is 1650. The highest BCUT2D eigenvalue weighted by Gasteiger charge is 2.18. The van der Waals surface area contributed by atoms with Crippen LogP contribution in [0.1, 0.15) is 21.6 Å². The molecule has 3 aromatic heterocycles. The van der Waals surface area contributed by atoms with Gasteiger partial charge in [0.05, 0.1) is 23.8 Å². The summed E-state index contributed by atoms with van der Waals surface area (Å²) in [6.07, 6.45) is 7.85. The van der Waals surface area contributed by atoms with E-state index in [-0.39, 0.29) is 11.5 Å². The zero-order valence-corrected chi connectivity index (χ0v) is 22.0. The van der Waals surface area contributed by atoms with Crippen LogP contribution in [0.15, 0.2) is 104 Å². The lowest BCUT2D eigenvalue weighted by Crippen LogP contribution is -2.26. The van der Waals surface area contributed by atoms with Gasteiger partial charge >= 0.3 is 6.09 Å². The topological polar surface area (TPSA) is 159 Å². The van der Waals surface area contributed by atoms with Gasteiger partial charge < -0.3 is 21.5 Å². The van der Waals surface area contributed by atoms with E-state index >= 15 is 0 Å². The molecule has 0 saturated carbocycles. The SMILES string of the molecule is NC(=O)OC(Cc1ccccc1)Cc1ccc(-c2cnc(N)c(C(=O)Nc3cnccc3-c3ccncc3)n2)cc1. The van der Waals surface area contributed by atoms with Crippen molar-refractivity contribution >= 4 is 23.5 Å². The van der Waals surface area contributed by atoms with Gasteiger partial charge in [-0.05, 0) is 34.9 Å². The number of carbonyl (C=O) groups excluding carboxylic acids is 2. The molecule has 0 aliphatic carbocycles. The van der Waals surface area contributed by atoms with E-state index in [0.29, 0.717) is 24.2 Å². The molecule has 0 aliphatic rings. The van der Waals surface area contributed by atoms with Crippen LogP contribution in [-0.4, -0.2) is 38.0 Å². The van der Waals surface area contributed by atoms with E-state index < -0.39 is 18.1 Å². The number of nitrogens with two attached hydrogens (primary N) is 2. The molecule has 2 aromatic carbocycles. The first-order valence-corrected chi connectivity index (χ1v) is 12.8. The molecular formula is C31H27N7O3. The number of hydrogen-bond donors (Lipinski definition) is 3. The second-order valence-electron chi connectivity index (χ2n) is 9.25. The molecule has 0 spiro atoms. The number of benzene rings is 2. The quantitative estimate of drug-likeness (QED) is 0.241. The molecule has 1 atom stereocenters. The normalized spacial score (nSPS) is 11.4. The van der Waals surface area contributed by atoms with Crippen molar-refractivity contribution in [2.24, 2.45) is 5.73 Å². The third kappa shape index (κ3) is 6.87. The minimum absolute atomic E-state index is 0.00424. The summed E-state index contributed by atoms with van der Waals surface area (Å²) in [6, 6.07) is 22.8. The number of nitrogens with one attached hydrogen (secondary N) is 1. The Hall–Kier alpha value is -5.64. The lowest BCUT2D eigenvalue weighted by Gasteiger charge is -2.17. The standard InChI is InChI=1S/C31H27N7O3/c32-29-28(30(39)38-27-18-35-15-12-25(27)22-10-13-34-14-11-22)37-26(19-36-29)23-8-6-21(7-9-23)17-24(41-31(33)40)16-20-4-2-1-3-5-20/h1-15,18-19,24H,16-17H2,(H2,32,36)(H2,33,40)(H,38,39). The van der Waals surface area contributed by atoms with Gasteiger partial charge in [0.1, 0.15) is 6.10 Å². The van der Waals surface area contributed by atoms with Gasteiger partial charge in [-0.3, -0.25) is 14.8 Å². The van der Waals surface area contributed by atoms with Gasteiger partial charge in [-0.2, -0.15) is 0 Å². The predicted octanol–water partition coefficient (Wildman–Crippen LogP) is 4.68. The highest BCUT2D eigenvalue weighted by atomic mass is 16.6. The minimum atomic E-state index is -0.815. The molecule has 0 saturated heterocycles. The molecule has 204 valence electrons. The Balaban J connectivity index is 1.33. The third-order valence-corrected chi connectivity index (χ3v) is 6.38. The van der Waals surface area contributed by atoms with Crippen LogP contribution < -0.4 is 16.8 Å². The Labute approximate surface area is 236 Å². The van der Waals surface area contributed by atoms with Crippen LogP contribution in [0.3, 0.4) is 0 Å². The number of ether oxygens (including phenoxy) is 1. The molecule has 41 heavy (non-hydrogen) atoms. The number of aromatic nitrogens is 4. The van der Waals surface area contributed by atoms with Gasteiger partial charge in [-0.1, -0.05) is 54.6 Å². The van der Waals surface area contributed by atoms with Crippen molar-refractivity contribution in [2.75, 3.05) is 11.1 Å². The van der Waals surface area contributed by atoms with Crippen molar-refractivity contribution in [1.29, 1.82) is 0 Å². The molecule has 5 rings (SSSR count). The van der Waals surface area contributed by atoms with Gasteiger partial charge in [0.25, 0.3) is 5.91 Å².